The van der Waals surface area contributed by atoms with Crippen LogP contribution in [0.4, 0.5) is 25.2 Å². The Morgan fingerprint density at radius 2 is 0.667 bits per heavy atom. The molecule has 0 heterocycles. The fraction of sp³-hybridized carbons (Fsp3) is 0. The molecular formula is C18H15F6OPS. The summed E-state index contributed by atoms with van der Waals surface area (Å²) >= 11 is 0. The van der Waals surface area contributed by atoms with Gasteiger partial charge in [-0.1, -0.05) is 58.8 Å². The van der Waals surface area contributed by atoms with E-state index in [-0.39, 0.29) is 0 Å². The molecule has 0 aromatic heterocycles. The van der Waals surface area contributed by atoms with E-state index >= 15 is 0 Å². The molecule has 146 valence electrons. The van der Waals surface area contributed by atoms with Crippen molar-refractivity contribution in [3.63, 3.8) is 0 Å². The molecule has 0 bridgehead atoms. The van der Waals surface area contributed by atoms with Crippen LogP contribution in [0.15, 0.2) is 106 Å². The summed E-state index contributed by atoms with van der Waals surface area (Å²) in [4.78, 5) is 2.53. The number of rotatable bonds is 3. The summed E-state index contributed by atoms with van der Waals surface area (Å²) in [7, 11) is -13.1. The third-order valence-electron chi connectivity index (χ3n) is 3.23. The second-order valence-electron chi connectivity index (χ2n) is 5.45. The van der Waals surface area contributed by atoms with Crippen molar-refractivity contribution >= 4 is 17.7 Å². The van der Waals surface area contributed by atoms with Crippen molar-refractivity contribution < 1.29 is 29.4 Å². The van der Waals surface area contributed by atoms with Gasteiger partial charge in [-0.3, -0.25) is 0 Å². The number of benzene rings is 3. The van der Waals surface area contributed by atoms with Gasteiger partial charge in [0.1, 0.15) is 0 Å². The molecule has 27 heavy (non-hydrogen) atoms. The van der Waals surface area contributed by atoms with Gasteiger partial charge in [-0.05, 0) is 36.4 Å². The van der Waals surface area contributed by atoms with E-state index in [1.54, 1.807) is 0 Å². The third-order valence-corrected chi connectivity index (χ3v) is 6.03. The van der Waals surface area contributed by atoms with E-state index in [4.69, 9.17) is 0 Å². The van der Waals surface area contributed by atoms with Crippen molar-refractivity contribution in [2.24, 2.45) is 0 Å². The number of hydrogen-bond acceptors (Lipinski definition) is 1. The van der Waals surface area contributed by atoms with Gasteiger partial charge >= 0.3 is 33.0 Å². The van der Waals surface area contributed by atoms with E-state index in [9.17, 15) is 29.4 Å². The number of hydrogen-bond donors (Lipinski definition) is 0. The summed E-state index contributed by atoms with van der Waals surface area (Å²) in [5.41, 5.74) is 0. The molecule has 3 aromatic rings. The summed E-state index contributed by atoms with van der Waals surface area (Å²) in [6.07, 6.45) is 0. The Morgan fingerprint density at radius 1 is 0.481 bits per heavy atom. The zero-order valence-corrected chi connectivity index (χ0v) is 15.4. The average Bonchev–Trinajstić information content (AvgIpc) is 2.61. The maximum Gasteiger partial charge on any atom is 0.182 e. The normalized spacial score (nSPS) is 14.3. The van der Waals surface area contributed by atoms with Gasteiger partial charge < -0.3 is 0 Å². The van der Waals surface area contributed by atoms with Crippen LogP contribution in [0.3, 0.4) is 0 Å². The Labute approximate surface area is 153 Å². The van der Waals surface area contributed by atoms with Crippen molar-refractivity contribution in [2.45, 2.75) is 14.7 Å². The zero-order valence-electron chi connectivity index (χ0n) is 13.7. The van der Waals surface area contributed by atoms with Gasteiger partial charge in [0.15, 0.2) is 24.6 Å². The molecule has 0 saturated carbocycles. The van der Waals surface area contributed by atoms with Crippen molar-refractivity contribution in [1.29, 1.82) is 0 Å². The molecule has 0 aliphatic carbocycles. The smallest absolute Gasteiger partial charge is 0.0875 e. The average molecular weight is 424 g/mol. The quantitative estimate of drug-likeness (QED) is 0.236. The van der Waals surface area contributed by atoms with Gasteiger partial charge in [-0.25, -0.2) is 0 Å². The SMILES string of the molecule is F[P-](F)(F)(F)(F)F.O=[S+](c1ccccc1)(c1ccccc1)c1ccccc1. The molecule has 3 rings (SSSR count). The van der Waals surface area contributed by atoms with Crippen molar-refractivity contribution in [3.05, 3.63) is 91.0 Å². The second kappa shape index (κ2) is 6.77. The van der Waals surface area contributed by atoms with Gasteiger partial charge in [0, 0.05) is 0 Å². The molecule has 0 aliphatic heterocycles. The van der Waals surface area contributed by atoms with Gasteiger partial charge in [-0.15, -0.1) is 0 Å². The van der Waals surface area contributed by atoms with Gasteiger partial charge in [0.25, 0.3) is 0 Å². The molecular weight excluding hydrogens is 409 g/mol. The van der Waals surface area contributed by atoms with Gasteiger partial charge in [0.2, 0.25) is 0 Å². The van der Waals surface area contributed by atoms with E-state index in [0.717, 1.165) is 14.7 Å². The van der Waals surface area contributed by atoms with Crippen LogP contribution in [0.1, 0.15) is 0 Å². The predicted molar refractivity (Wildman–Crippen MR) is 95.7 cm³/mol. The predicted octanol–water partition coefficient (Wildman–Crippen LogP) is 8.05. The van der Waals surface area contributed by atoms with Gasteiger partial charge in [0.05, 0.1) is 0 Å². The van der Waals surface area contributed by atoms with E-state index < -0.39 is 17.7 Å². The summed E-state index contributed by atoms with van der Waals surface area (Å²) in [5.74, 6) is 0. The molecule has 3 aromatic carbocycles. The molecule has 0 saturated heterocycles. The van der Waals surface area contributed by atoms with Crippen LogP contribution in [-0.2, 0) is 14.1 Å². The Morgan fingerprint density at radius 3 is 0.852 bits per heavy atom. The van der Waals surface area contributed by atoms with Crippen LogP contribution < -0.4 is 0 Å². The molecule has 0 N–H and O–H groups in total. The number of halogens is 6. The first-order chi connectivity index (χ1) is 12.3. The van der Waals surface area contributed by atoms with E-state index in [1.165, 1.54) is 0 Å². The Hall–Kier alpha value is -2.18. The molecule has 0 atom stereocenters. The van der Waals surface area contributed by atoms with Gasteiger partial charge in [-0.2, -0.15) is 0 Å². The topological polar surface area (TPSA) is 17.1 Å². The molecule has 0 fully saturated rings. The standard InChI is InChI=1S/C18H15OS.F6P/c19-20(16-10-4-1-5-11-16,17-12-6-2-7-13-17)18-14-8-3-9-15-18;1-7(2,3,4,5)6/h1-15H;/q+1;-1. The van der Waals surface area contributed by atoms with Crippen LogP contribution in [0, 0.1) is 0 Å². The molecule has 0 unspecified atom stereocenters. The van der Waals surface area contributed by atoms with E-state index in [1.807, 2.05) is 91.0 Å². The van der Waals surface area contributed by atoms with Crippen LogP contribution in [-0.4, -0.2) is 0 Å². The summed E-state index contributed by atoms with van der Waals surface area (Å²) in [6, 6.07) is 29.0. The van der Waals surface area contributed by atoms with E-state index in [0.29, 0.717) is 0 Å². The Kier molecular flexibility index (Phi) is 5.29. The van der Waals surface area contributed by atoms with Crippen molar-refractivity contribution in [3.8, 4) is 0 Å². The largest absolute Gasteiger partial charge is 0.182 e. The minimum atomic E-state index is -10.7. The molecule has 0 aliphatic rings. The maximum absolute atomic E-state index is 13.8. The summed E-state index contributed by atoms with van der Waals surface area (Å²) < 4.78 is 73.0. The summed E-state index contributed by atoms with van der Waals surface area (Å²) in [6.45, 7) is 0. The van der Waals surface area contributed by atoms with Crippen LogP contribution in [0.2, 0.25) is 0 Å². The van der Waals surface area contributed by atoms with E-state index in [2.05, 4.69) is 0 Å². The molecule has 0 amide bonds. The fourth-order valence-electron chi connectivity index (χ4n) is 2.24. The summed E-state index contributed by atoms with van der Waals surface area (Å²) in [5, 5.41) is 0. The zero-order chi connectivity index (χ0) is 20.2. The first kappa shape index (κ1) is 21.1. The van der Waals surface area contributed by atoms with Crippen LogP contribution in [0.5, 0.6) is 0 Å². The maximum atomic E-state index is 13.8. The fourth-order valence-corrected chi connectivity index (χ4v) is 4.68. The third kappa shape index (κ3) is 7.15. The first-order valence-electron chi connectivity index (χ1n) is 7.53. The minimum absolute atomic E-state index is 0.845. The Bertz CT molecular complexity index is 815. The molecule has 9 heteroatoms. The monoisotopic (exact) mass is 424 g/mol. The van der Waals surface area contributed by atoms with Crippen molar-refractivity contribution in [2.75, 3.05) is 0 Å². The van der Waals surface area contributed by atoms with Crippen LogP contribution in [0.25, 0.3) is 0 Å². The molecule has 1 nitrogen and oxygen atoms in total. The molecule has 0 spiro atoms. The van der Waals surface area contributed by atoms with Crippen LogP contribution >= 0.6 is 7.81 Å². The second-order valence-corrected chi connectivity index (χ2v) is 9.90. The van der Waals surface area contributed by atoms with Crippen molar-refractivity contribution in [1.82, 2.24) is 0 Å². The minimum Gasteiger partial charge on any atom is -0.0875 e. The first-order valence-corrected chi connectivity index (χ1v) is 11.1. The Balaban J connectivity index is 0.000000321. The molecule has 0 radical (unpaired) electrons.